The highest BCUT2D eigenvalue weighted by atomic mass is 15.1. The van der Waals surface area contributed by atoms with Crippen LogP contribution in [0.15, 0.2) is 48.5 Å². The van der Waals surface area contributed by atoms with Gasteiger partial charge in [-0.2, -0.15) is 5.26 Å². The Morgan fingerprint density at radius 3 is 2.52 bits per heavy atom. The van der Waals surface area contributed by atoms with E-state index < -0.39 is 0 Å². The Hall–Kier alpha value is -2.80. The van der Waals surface area contributed by atoms with Gasteiger partial charge in [-0.25, -0.2) is 4.98 Å². The van der Waals surface area contributed by atoms with Crippen LogP contribution < -0.4 is 5.32 Å². The van der Waals surface area contributed by atoms with E-state index in [9.17, 15) is 0 Å². The lowest BCUT2D eigenvalue weighted by Gasteiger charge is -2.15. The fourth-order valence-electron chi connectivity index (χ4n) is 2.51. The van der Waals surface area contributed by atoms with Gasteiger partial charge in [-0.05, 0) is 43.3 Å². The lowest BCUT2D eigenvalue weighted by molar-refractivity contribution is 0.734. The van der Waals surface area contributed by atoms with Crippen molar-refractivity contribution in [3.05, 3.63) is 59.9 Å². The Balaban J connectivity index is 1.88. The summed E-state index contributed by atoms with van der Waals surface area (Å²) in [5.41, 5.74) is 3.77. The summed E-state index contributed by atoms with van der Waals surface area (Å²) < 4.78 is 2.11. The zero-order valence-electron chi connectivity index (χ0n) is 12.0. The quantitative estimate of drug-likeness (QED) is 0.795. The van der Waals surface area contributed by atoms with Crippen molar-refractivity contribution >= 4 is 16.7 Å². The maximum absolute atomic E-state index is 8.82. The van der Waals surface area contributed by atoms with Crippen LogP contribution in [-0.2, 0) is 7.05 Å². The number of hydrogen-bond donors (Lipinski definition) is 1. The van der Waals surface area contributed by atoms with Crippen molar-refractivity contribution in [3.63, 3.8) is 0 Å². The van der Waals surface area contributed by atoms with Gasteiger partial charge in [-0.3, -0.25) is 0 Å². The molecule has 1 heterocycles. The molecule has 1 atom stereocenters. The summed E-state index contributed by atoms with van der Waals surface area (Å²) in [4.78, 5) is 4.69. The molecular weight excluding hydrogens is 260 g/mol. The predicted molar refractivity (Wildman–Crippen MR) is 83.9 cm³/mol. The van der Waals surface area contributed by atoms with Crippen LogP contribution in [0.2, 0.25) is 0 Å². The normalized spacial score (nSPS) is 12.0. The molecule has 21 heavy (non-hydrogen) atoms. The van der Waals surface area contributed by atoms with E-state index >= 15 is 0 Å². The predicted octanol–water partition coefficient (Wildman–Crippen LogP) is 3.62. The molecule has 0 aliphatic heterocycles. The third-order valence-corrected chi connectivity index (χ3v) is 3.61. The third kappa shape index (κ3) is 2.46. The maximum Gasteiger partial charge on any atom is 0.131 e. The summed E-state index contributed by atoms with van der Waals surface area (Å²) in [6.45, 7) is 2.08. The fourth-order valence-corrected chi connectivity index (χ4v) is 2.51. The number of nitrogens with zero attached hydrogens (tertiary/aromatic N) is 3. The Bertz CT molecular complexity index is 809. The first kappa shape index (κ1) is 13.2. The molecule has 0 saturated carbocycles. The average Bonchev–Trinajstić information content (AvgIpc) is 2.86. The molecule has 104 valence electrons. The van der Waals surface area contributed by atoms with E-state index in [1.54, 1.807) is 0 Å². The zero-order valence-corrected chi connectivity index (χ0v) is 12.0. The summed E-state index contributed by atoms with van der Waals surface area (Å²) in [5.74, 6) is 0.987. The van der Waals surface area contributed by atoms with Crippen molar-refractivity contribution < 1.29 is 0 Å². The molecule has 1 N–H and O–H groups in total. The van der Waals surface area contributed by atoms with Gasteiger partial charge in [0.1, 0.15) is 5.82 Å². The number of rotatable bonds is 3. The largest absolute Gasteiger partial charge is 0.375 e. The molecule has 4 heteroatoms. The second-order valence-electron chi connectivity index (χ2n) is 5.07. The zero-order chi connectivity index (χ0) is 14.8. The van der Waals surface area contributed by atoms with Gasteiger partial charge < -0.3 is 9.88 Å². The van der Waals surface area contributed by atoms with Gasteiger partial charge in [0.15, 0.2) is 0 Å². The molecule has 3 rings (SSSR count). The van der Waals surface area contributed by atoms with Crippen molar-refractivity contribution in [2.24, 2.45) is 7.05 Å². The number of para-hydroxylation sites is 2. The molecule has 0 fully saturated rings. The first-order valence-corrected chi connectivity index (χ1v) is 6.87. The highest BCUT2D eigenvalue weighted by Crippen LogP contribution is 2.22. The standard InChI is InChI=1S/C17H16N4/c1-12(19-14-9-7-13(11-18)8-10-14)17-20-15-5-3-4-6-16(15)21(17)2/h3-10,12,19H,1-2H3. The van der Waals surface area contributed by atoms with E-state index in [1.807, 2.05) is 49.5 Å². The van der Waals surface area contributed by atoms with Crippen LogP contribution in [0.4, 0.5) is 5.69 Å². The molecule has 0 aliphatic carbocycles. The van der Waals surface area contributed by atoms with E-state index in [-0.39, 0.29) is 6.04 Å². The Morgan fingerprint density at radius 1 is 1.14 bits per heavy atom. The number of aryl methyl sites for hydroxylation is 1. The molecule has 0 radical (unpaired) electrons. The summed E-state index contributed by atoms with van der Waals surface area (Å²) in [7, 11) is 2.03. The Labute approximate surface area is 123 Å². The molecule has 0 saturated heterocycles. The van der Waals surface area contributed by atoms with Crippen molar-refractivity contribution in [2.75, 3.05) is 5.32 Å². The van der Waals surface area contributed by atoms with Crippen LogP contribution in [0, 0.1) is 11.3 Å². The summed E-state index contributed by atoms with van der Waals surface area (Å²) in [6.07, 6.45) is 0. The first-order valence-electron chi connectivity index (χ1n) is 6.87. The summed E-state index contributed by atoms with van der Waals surface area (Å²) in [6, 6.07) is 17.8. The molecule has 3 aromatic rings. The highest BCUT2D eigenvalue weighted by Gasteiger charge is 2.13. The minimum atomic E-state index is 0.0790. The Morgan fingerprint density at radius 2 is 1.86 bits per heavy atom. The van der Waals surface area contributed by atoms with E-state index in [0.717, 1.165) is 22.5 Å². The van der Waals surface area contributed by atoms with Gasteiger partial charge in [0.25, 0.3) is 0 Å². The lowest BCUT2D eigenvalue weighted by Crippen LogP contribution is -2.11. The van der Waals surface area contributed by atoms with Gasteiger partial charge in [-0.15, -0.1) is 0 Å². The molecular formula is C17H16N4. The van der Waals surface area contributed by atoms with Crippen LogP contribution in [0.25, 0.3) is 11.0 Å². The van der Waals surface area contributed by atoms with Crippen molar-refractivity contribution in [1.82, 2.24) is 9.55 Å². The van der Waals surface area contributed by atoms with Gasteiger partial charge in [0.2, 0.25) is 0 Å². The van der Waals surface area contributed by atoms with Crippen molar-refractivity contribution in [1.29, 1.82) is 5.26 Å². The van der Waals surface area contributed by atoms with E-state index in [4.69, 9.17) is 10.2 Å². The molecule has 4 nitrogen and oxygen atoms in total. The van der Waals surface area contributed by atoms with Crippen molar-refractivity contribution in [3.8, 4) is 6.07 Å². The highest BCUT2D eigenvalue weighted by molar-refractivity contribution is 5.76. The second kappa shape index (κ2) is 5.29. The van der Waals surface area contributed by atoms with E-state index in [2.05, 4.69) is 28.9 Å². The summed E-state index contributed by atoms with van der Waals surface area (Å²) in [5, 5.41) is 12.2. The number of nitrogens with one attached hydrogen (secondary N) is 1. The molecule has 1 aromatic heterocycles. The molecule has 0 aliphatic rings. The lowest BCUT2D eigenvalue weighted by atomic mass is 10.2. The summed E-state index contributed by atoms with van der Waals surface area (Å²) >= 11 is 0. The van der Waals surface area contributed by atoms with Crippen LogP contribution in [0.1, 0.15) is 24.4 Å². The van der Waals surface area contributed by atoms with Gasteiger partial charge >= 0.3 is 0 Å². The van der Waals surface area contributed by atoms with Crippen LogP contribution in [-0.4, -0.2) is 9.55 Å². The third-order valence-electron chi connectivity index (χ3n) is 3.61. The Kier molecular flexibility index (Phi) is 3.33. The monoisotopic (exact) mass is 276 g/mol. The molecule has 2 aromatic carbocycles. The SMILES string of the molecule is CC(Nc1ccc(C#N)cc1)c1nc2ccccc2n1C. The number of benzene rings is 2. The molecule has 1 unspecified atom stereocenters. The number of hydrogen-bond acceptors (Lipinski definition) is 3. The number of nitriles is 1. The fraction of sp³-hybridized carbons (Fsp3) is 0.176. The number of aromatic nitrogens is 2. The van der Waals surface area contributed by atoms with E-state index in [1.165, 1.54) is 0 Å². The average molecular weight is 276 g/mol. The maximum atomic E-state index is 8.82. The van der Waals surface area contributed by atoms with Crippen molar-refractivity contribution in [2.45, 2.75) is 13.0 Å². The topological polar surface area (TPSA) is 53.6 Å². The minimum absolute atomic E-state index is 0.0790. The smallest absolute Gasteiger partial charge is 0.131 e. The molecule has 0 amide bonds. The van der Waals surface area contributed by atoms with E-state index in [0.29, 0.717) is 5.56 Å². The number of anilines is 1. The molecule has 0 bridgehead atoms. The number of imidazole rings is 1. The second-order valence-corrected chi connectivity index (χ2v) is 5.07. The van der Waals surface area contributed by atoms with Gasteiger partial charge in [-0.1, -0.05) is 12.1 Å². The van der Waals surface area contributed by atoms with Crippen LogP contribution in [0.5, 0.6) is 0 Å². The van der Waals surface area contributed by atoms with Gasteiger partial charge in [0.05, 0.1) is 28.7 Å². The van der Waals surface area contributed by atoms with Crippen LogP contribution in [0.3, 0.4) is 0 Å². The van der Waals surface area contributed by atoms with Crippen LogP contribution >= 0.6 is 0 Å². The number of fused-ring (bicyclic) bond motifs is 1. The first-order chi connectivity index (χ1) is 10.2. The molecule has 0 spiro atoms. The minimum Gasteiger partial charge on any atom is -0.375 e. The van der Waals surface area contributed by atoms with Gasteiger partial charge in [0, 0.05) is 12.7 Å².